The van der Waals surface area contributed by atoms with Crippen molar-refractivity contribution in [3.8, 4) is 5.75 Å². The Bertz CT molecular complexity index is 410. The molecule has 0 heterocycles. The van der Waals surface area contributed by atoms with Gasteiger partial charge in [0, 0.05) is 19.2 Å². The molecule has 0 aliphatic carbocycles. The summed E-state index contributed by atoms with van der Waals surface area (Å²) in [5.74, 6) is 0.820. The third-order valence-electron chi connectivity index (χ3n) is 3.14. The standard InChI is InChI=1S/C15H24N2O3/c1-3-13(8-10-18)17-15(19)16-9-7-12-5-4-6-14(11-12)20-2/h4-6,11,13,18H,3,7-10H2,1-2H3,(H2,16,17,19). The Balaban J connectivity index is 2.30. The third-order valence-corrected chi connectivity index (χ3v) is 3.14. The molecular weight excluding hydrogens is 256 g/mol. The van der Waals surface area contributed by atoms with Crippen molar-refractivity contribution in [2.24, 2.45) is 0 Å². The number of methoxy groups -OCH3 is 1. The topological polar surface area (TPSA) is 70.6 Å². The Kier molecular flexibility index (Phi) is 7.50. The zero-order chi connectivity index (χ0) is 14.8. The van der Waals surface area contributed by atoms with Gasteiger partial charge in [-0.2, -0.15) is 0 Å². The number of hydrogen-bond donors (Lipinski definition) is 3. The van der Waals surface area contributed by atoms with Crippen LogP contribution >= 0.6 is 0 Å². The van der Waals surface area contributed by atoms with E-state index in [2.05, 4.69) is 10.6 Å². The molecule has 0 aliphatic rings. The first-order valence-corrected chi connectivity index (χ1v) is 6.97. The highest BCUT2D eigenvalue weighted by Crippen LogP contribution is 2.12. The maximum absolute atomic E-state index is 11.7. The van der Waals surface area contributed by atoms with E-state index in [1.807, 2.05) is 31.2 Å². The molecule has 0 spiro atoms. The average molecular weight is 280 g/mol. The van der Waals surface area contributed by atoms with Gasteiger partial charge in [-0.05, 0) is 37.0 Å². The van der Waals surface area contributed by atoms with E-state index >= 15 is 0 Å². The van der Waals surface area contributed by atoms with Crippen LogP contribution in [0.3, 0.4) is 0 Å². The maximum atomic E-state index is 11.7. The number of rotatable bonds is 8. The van der Waals surface area contributed by atoms with Crippen LogP contribution in [0.2, 0.25) is 0 Å². The van der Waals surface area contributed by atoms with Crippen molar-refractivity contribution in [1.82, 2.24) is 10.6 Å². The van der Waals surface area contributed by atoms with Gasteiger partial charge in [0.2, 0.25) is 0 Å². The van der Waals surface area contributed by atoms with E-state index in [1.165, 1.54) is 0 Å². The van der Waals surface area contributed by atoms with E-state index in [4.69, 9.17) is 9.84 Å². The van der Waals surface area contributed by atoms with Crippen LogP contribution in [0.4, 0.5) is 4.79 Å². The van der Waals surface area contributed by atoms with E-state index in [-0.39, 0.29) is 18.7 Å². The van der Waals surface area contributed by atoms with Gasteiger partial charge in [-0.3, -0.25) is 0 Å². The second-order valence-electron chi connectivity index (χ2n) is 4.62. The molecule has 1 aromatic carbocycles. The lowest BCUT2D eigenvalue weighted by atomic mass is 10.1. The Hall–Kier alpha value is -1.75. The van der Waals surface area contributed by atoms with E-state index < -0.39 is 0 Å². The molecule has 1 aromatic rings. The Labute approximate surface area is 120 Å². The molecule has 0 aromatic heterocycles. The molecular formula is C15H24N2O3. The highest BCUT2D eigenvalue weighted by atomic mass is 16.5. The fraction of sp³-hybridized carbons (Fsp3) is 0.533. The van der Waals surface area contributed by atoms with Gasteiger partial charge in [-0.25, -0.2) is 4.79 Å². The lowest BCUT2D eigenvalue weighted by Gasteiger charge is -2.16. The molecule has 1 unspecified atom stereocenters. The van der Waals surface area contributed by atoms with E-state index in [9.17, 15) is 4.79 Å². The van der Waals surface area contributed by atoms with Crippen LogP contribution in [0.15, 0.2) is 24.3 Å². The average Bonchev–Trinajstić information content (AvgIpc) is 2.47. The molecule has 20 heavy (non-hydrogen) atoms. The van der Waals surface area contributed by atoms with Crippen molar-refractivity contribution in [3.05, 3.63) is 29.8 Å². The number of nitrogens with one attached hydrogen (secondary N) is 2. The summed E-state index contributed by atoms with van der Waals surface area (Å²) < 4.78 is 5.15. The molecule has 0 saturated heterocycles. The van der Waals surface area contributed by atoms with Crippen LogP contribution in [0.1, 0.15) is 25.3 Å². The minimum Gasteiger partial charge on any atom is -0.497 e. The quantitative estimate of drug-likeness (QED) is 0.679. The summed E-state index contributed by atoms with van der Waals surface area (Å²) in [6.07, 6.45) is 2.14. The molecule has 0 saturated carbocycles. The second kappa shape index (κ2) is 9.20. The van der Waals surface area contributed by atoms with E-state index in [1.54, 1.807) is 7.11 Å². The highest BCUT2D eigenvalue weighted by Gasteiger charge is 2.08. The summed E-state index contributed by atoms with van der Waals surface area (Å²) in [7, 11) is 1.64. The number of amides is 2. The minimum atomic E-state index is -0.187. The summed E-state index contributed by atoms with van der Waals surface area (Å²) in [5.41, 5.74) is 1.12. The van der Waals surface area contributed by atoms with Gasteiger partial charge in [0.25, 0.3) is 0 Å². The SMILES string of the molecule is CCC(CCO)NC(=O)NCCc1cccc(OC)c1. The predicted molar refractivity (Wildman–Crippen MR) is 79.0 cm³/mol. The summed E-state index contributed by atoms with van der Waals surface area (Å²) in [4.78, 5) is 11.7. The van der Waals surface area contributed by atoms with Crippen LogP contribution in [-0.2, 0) is 6.42 Å². The molecule has 3 N–H and O–H groups in total. The summed E-state index contributed by atoms with van der Waals surface area (Å²) in [6.45, 7) is 2.63. The fourth-order valence-electron chi connectivity index (χ4n) is 1.92. The molecule has 0 fully saturated rings. The first kappa shape index (κ1) is 16.3. The Morgan fingerprint density at radius 1 is 1.45 bits per heavy atom. The zero-order valence-electron chi connectivity index (χ0n) is 12.2. The van der Waals surface area contributed by atoms with Gasteiger partial charge in [-0.15, -0.1) is 0 Å². The summed E-state index contributed by atoms with van der Waals surface area (Å²) >= 11 is 0. The number of ether oxygens (including phenoxy) is 1. The predicted octanol–water partition coefficient (Wildman–Crippen LogP) is 1.70. The van der Waals surface area contributed by atoms with Gasteiger partial charge in [0.1, 0.15) is 5.75 Å². The Morgan fingerprint density at radius 3 is 2.90 bits per heavy atom. The largest absolute Gasteiger partial charge is 0.497 e. The number of hydrogen-bond acceptors (Lipinski definition) is 3. The van der Waals surface area contributed by atoms with Crippen molar-refractivity contribution in [3.63, 3.8) is 0 Å². The second-order valence-corrected chi connectivity index (χ2v) is 4.62. The van der Waals surface area contributed by atoms with Gasteiger partial charge in [0.15, 0.2) is 0 Å². The van der Waals surface area contributed by atoms with Crippen LogP contribution < -0.4 is 15.4 Å². The normalized spacial score (nSPS) is 11.8. The van der Waals surface area contributed by atoms with Crippen molar-refractivity contribution >= 4 is 6.03 Å². The number of aliphatic hydroxyl groups is 1. The Morgan fingerprint density at radius 2 is 2.25 bits per heavy atom. The number of aliphatic hydroxyl groups excluding tert-OH is 1. The number of benzene rings is 1. The third kappa shape index (κ3) is 5.93. The van der Waals surface area contributed by atoms with Crippen molar-refractivity contribution in [2.45, 2.75) is 32.2 Å². The molecule has 5 nitrogen and oxygen atoms in total. The number of carbonyl (C=O) groups excluding carboxylic acids is 1. The molecule has 1 rings (SSSR count). The molecule has 5 heteroatoms. The summed E-state index contributed by atoms with van der Waals surface area (Å²) in [5, 5.41) is 14.5. The van der Waals surface area contributed by atoms with Crippen molar-refractivity contribution < 1.29 is 14.6 Å². The van der Waals surface area contributed by atoms with E-state index in [0.717, 1.165) is 24.2 Å². The lowest BCUT2D eigenvalue weighted by Crippen LogP contribution is -2.42. The summed E-state index contributed by atoms with van der Waals surface area (Å²) in [6, 6.07) is 7.63. The molecule has 0 aliphatic heterocycles. The zero-order valence-corrected chi connectivity index (χ0v) is 12.2. The minimum absolute atomic E-state index is 0.0248. The number of carbonyl (C=O) groups is 1. The molecule has 112 valence electrons. The van der Waals surface area contributed by atoms with Gasteiger partial charge >= 0.3 is 6.03 Å². The van der Waals surface area contributed by atoms with Gasteiger partial charge < -0.3 is 20.5 Å². The highest BCUT2D eigenvalue weighted by molar-refractivity contribution is 5.74. The first-order valence-electron chi connectivity index (χ1n) is 6.97. The maximum Gasteiger partial charge on any atom is 0.315 e. The fourth-order valence-corrected chi connectivity index (χ4v) is 1.92. The van der Waals surface area contributed by atoms with Crippen LogP contribution in [0.5, 0.6) is 5.75 Å². The lowest BCUT2D eigenvalue weighted by molar-refractivity contribution is 0.228. The smallest absolute Gasteiger partial charge is 0.315 e. The van der Waals surface area contributed by atoms with Crippen LogP contribution in [0, 0.1) is 0 Å². The van der Waals surface area contributed by atoms with Crippen LogP contribution in [0.25, 0.3) is 0 Å². The molecule has 0 radical (unpaired) electrons. The first-order chi connectivity index (χ1) is 9.69. The van der Waals surface area contributed by atoms with Crippen molar-refractivity contribution in [1.29, 1.82) is 0 Å². The van der Waals surface area contributed by atoms with Gasteiger partial charge in [-0.1, -0.05) is 19.1 Å². The molecule has 1 atom stereocenters. The van der Waals surface area contributed by atoms with E-state index in [0.29, 0.717) is 13.0 Å². The molecule has 0 bridgehead atoms. The van der Waals surface area contributed by atoms with Crippen LogP contribution in [-0.4, -0.2) is 37.4 Å². The van der Waals surface area contributed by atoms with Gasteiger partial charge in [0.05, 0.1) is 7.11 Å². The number of urea groups is 1. The van der Waals surface area contributed by atoms with Crippen molar-refractivity contribution in [2.75, 3.05) is 20.3 Å². The monoisotopic (exact) mass is 280 g/mol. The molecule has 2 amide bonds.